The lowest BCUT2D eigenvalue weighted by molar-refractivity contribution is -0.111. The van der Waals surface area contributed by atoms with Gasteiger partial charge in [-0.1, -0.05) is 207 Å². The van der Waals surface area contributed by atoms with Gasteiger partial charge in [0, 0.05) is 54.9 Å². The average molecular weight is 1050 g/mol. The summed E-state index contributed by atoms with van der Waals surface area (Å²) in [6.45, 7) is 41.0. The number of aliphatic imine (C=N–C) groups is 1. The maximum Gasteiger partial charge on any atom is 0.204 e. The van der Waals surface area contributed by atoms with Gasteiger partial charge < -0.3 is 15.3 Å². The minimum Gasteiger partial charge on any atom is -0.354 e. The molecule has 74 heavy (non-hydrogen) atoms. The molecular weight excluding hydrogens is 969 g/mol. The molecule has 0 radical (unpaired) electrons. The number of aromatic amines is 2. The van der Waals surface area contributed by atoms with Crippen molar-refractivity contribution in [3.05, 3.63) is 221 Å². The van der Waals surface area contributed by atoms with E-state index in [2.05, 4.69) is 271 Å². The summed E-state index contributed by atoms with van der Waals surface area (Å²) in [4.78, 5) is 29.0. The van der Waals surface area contributed by atoms with Crippen molar-refractivity contribution >= 4 is 49.7 Å². The third-order valence-electron chi connectivity index (χ3n) is 14.9. The lowest BCUT2D eigenvalue weighted by atomic mass is 9.78. The molecule has 8 bridgehead atoms. The smallest absolute Gasteiger partial charge is 0.204 e. The molecule has 5 nitrogen and oxygen atoms in total. The first-order valence-corrected chi connectivity index (χ1v) is 27.2. The van der Waals surface area contributed by atoms with E-state index in [1.54, 1.807) is 0 Å². The first kappa shape index (κ1) is 52.6. The molecule has 3 aliphatic heterocycles. The Hall–Kier alpha value is -6.24. The summed E-state index contributed by atoms with van der Waals surface area (Å²) in [5.41, 5.74) is 19.1. The van der Waals surface area contributed by atoms with Gasteiger partial charge in [0.2, 0.25) is 5.78 Å². The van der Waals surface area contributed by atoms with Gasteiger partial charge in [-0.15, -0.1) is 0 Å². The highest BCUT2D eigenvalue weighted by molar-refractivity contribution is 9.10. The number of benzene rings is 4. The number of H-pyrrole nitrogens is 2. The molecule has 6 heteroatoms. The van der Waals surface area contributed by atoms with Crippen molar-refractivity contribution in [3.63, 3.8) is 0 Å². The molecule has 4 aromatic carbocycles. The van der Waals surface area contributed by atoms with Crippen LogP contribution in [0.2, 0.25) is 0 Å². The van der Waals surface area contributed by atoms with Crippen LogP contribution >= 0.6 is 15.9 Å². The molecule has 0 aliphatic carbocycles. The molecule has 0 saturated carbocycles. The zero-order chi connectivity index (χ0) is 53.8. The summed E-state index contributed by atoms with van der Waals surface area (Å²) >= 11 is 3.71. The molecule has 3 N–H and O–H groups in total. The molecule has 9 rings (SSSR count). The fourth-order valence-electron chi connectivity index (χ4n) is 10.1. The van der Waals surface area contributed by atoms with E-state index in [1.807, 2.05) is 6.08 Å². The Labute approximate surface area is 450 Å². The summed E-state index contributed by atoms with van der Waals surface area (Å²) < 4.78 is 0.996. The number of carbonyl (C=O) groups is 1. The van der Waals surface area contributed by atoms with Crippen LogP contribution in [0.5, 0.6) is 0 Å². The highest BCUT2D eigenvalue weighted by atomic mass is 79.9. The number of fused-ring (bicyclic) bond motifs is 7. The second-order valence-corrected chi connectivity index (χ2v) is 28.0. The average Bonchev–Trinajstić information content (AvgIpc) is 4.13. The van der Waals surface area contributed by atoms with Gasteiger partial charge in [-0.25, -0.2) is 4.99 Å². The number of allylic oxidation sites excluding steroid dienone is 5. The van der Waals surface area contributed by atoms with Crippen molar-refractivity contribution in [2.24, 2.45) is 4.99 Å². The van der Waals surface area contributed by atoms with Gasteiger partial charge in [-0.05, 0) is 137 Å². The lowest BCUT2D eigenvalue weighted by Crippen LogP contribution is -2.23. The Kier molecular flexibility index (Phi) is 13.0. The highest BCUT2D eigenvalue weighted by Gasteiger charge is 2.33. The molecule has 0 amide bonds. The largest absolute Gasteiger partial charge is 0.354 e. The monoisotopic (exact) mass is 1040 g/mol. The number of hydrogen-bond acceptors (Lipinski definition) is 3. The third-order valence-corrected chi connectivity index (χ3v) is 15.4. The van der Waals surface area contributed by atoms with E-state index in [4.69, 9.17) is 4.99 Å². The zero-order valence-electron chi connectivity index (χ0n) is 47.3. The van der Waals surface area contributed by atoms with Gasteiger partial charge in [0.1, 0.15) is 0 Å². The normalized spacial score (nSPS) is 15.9. The molecule has 2 aromatic heterocycles. The SMILES string of the molecule is CC(C)(C)c1cc(C2=C3NC(=CC3=O)C(c3cc(C(C)(C)C)cc(C(C)(C)C)c3)=c3ccc([nH]3)=C(c3cc(C(C)(C)C)cc(C(C)(C)C)c3)c3ccc([nH]3)C(c3ccc(Br)cc3)=C3C=CC2=N3)cc(C(C)(C)C)c1. The molecule has 0 unspecified atom stereocenters. The van der Waals surface area contributed by atoms with Crippen LogP contribution in [0.25, 0.3) is 22.3 Å². The Morgan fingerprint density at radius 1 is 0.405 bits per heavy atom. The molecule has 0 fully saturated rings. The second-order valence-electron chi connectivity index (χ2n) is 27.1. The van der Waals surface area contributed by atoms with Crippen LogP contribution in [0.1, 0.15) is 192 Å². The second kappa shape index (κ2) is 18.3. The number of nitrogens with one attached hydrogen (secondary N) is 3. The zero-order valence-corrected chi connectivity index (χ0v) is 48.9. The quantitative estimate of drug-likeness (QED) is 0.165. The fourth-order valence-corrected chi connectivity index (χ4v) is 10.3. The van der Waals surface area contributed by atoms with Crippen LogP contribution < -0.4 is 16.0 Å². The van der Waals surface area contributed by atoms with E-state index in [1.165, 1.54) is 33.4 Å². The number of rotatable bonds is 4. The van der Waals surface area contributed by atoms with Crippen LogP contribution in [-0.2, 0) is 37.3 Å². The van der Waals surface area contributed by atoms with Crippen LogP contribution in [0.15, 0.2) is 148 Å². The number of nitrogens with zero attached hydrogens (tertiary/aromatic N) is 1. The van der Waals surface area contributed by atoms with Gasteiger partial charge in [0.05, 0.1) is 22.8 Å². The van der Waals surface area contributed by atoms with Crippen molar-refractivity contribution in [2.75, 3.05) is 0 Å². The van der Waals surface area contributed by atoms with Crippen molar-refractivity contribution < 1.29 is 4.79 Å². The van der Waals surface area contributed by atoms with Crippen LogP contribution in [-0.4, -0.2) is 21.5 Å². The van der Waals surface area contributed by atoms with Gasteiger partial charge >= 0.3 is 0 Å². The van der Waals surface area contributed by atoms with E-state index in [0.717, 1.165) is 88.2 Å². The van der Waals surface area contributed by atoms with Crippen LogP contribution in [0.4, 0.5) is 0 Å². The van der Waals surface area contributed by atoms with Gasteiger partial charge in [-0.3, -0.25) is 4.79 Å². The minimum atomic E-state index is -0.165. The summed E-state index contributed by atoms with van der Waals surface area (Å²) in [7, 11) is 0. The Balaban J connectivity index is 1.47. The molecule has 5 heterocycles. The molecule has 3 aliphatic rings. The fraction of sp³-hybridized carbons (Fsp3) is 0.353. The van der Waals surface area contributed by atoms with Gasteiger partial charge in [0.25, 0.3) is 0 Å². The first-order chi connectivity index (χ1) is 34.2. The van der Waals surface area contributed by atoms with Crippen LogP contribution in [0, 0.1) is 0 Å². The van der Waals surface area contributed by atoms with Gasteiger partial charge in [0.15, 0.2) is 0 Å². The van der Waals surface area contributed by atoms with Crippen molar-refractivity contribution in [1.29, 1.82) is 0 Å². The predicted molar refractivity (Wildman–Crippen MR) is 316 cm³/mol. The van der Waals surface area contributed by atoms with E-state index >= 15 is 4.79 Å². The van der Waals surface area contributed by atoms with Crippen molar-refractivity contribution in [2.45, 2.75) is 157 Å². The maximum atomic E-state index is 15.4. The summed E-state index contributed by atoms with van der Waals surface area (Å²) in [6.07, 6.45) is 6.03. The Morgan fingerprint density at radius 2 is 0.797 bits per heavy atom. The standard InChI is InChI=1S/C68H77BrN4O/c1-63(2,3)43-29-40(30-44(35-43)64(4,5)6)59-52-24-23-50(70-52)58(39-19-21-49(69)22-20-39)51-27-28-55(72-51)61(42-33-47(67(13,14)15)37-48(34-42)68(16,17)18)62-57(74)38-56(73-62)60(54-26-25-53(59)71-54)41-31-45(65(7,8)9)36-46(32-41)66(10,11)12/h19-38,70-71,73H,1-18H3. The Bertz CT molecular complexity index is 3470. The Morgan fingerprint density at radius 3 is 1.23 bits per heavy atom. The molecule has 0 saturated heterocycles. The highest BCUT2D eigenvalue weighted by Crippen LogP contribution is 2.41. The number of hydrogen-bond donors (Lipinski definition) is 3. The predicted octanol–water partition coefficient (Wildman–Crippen LogP) is 15.6. The summed E-state index contributed by atoms with van der Waals surface area (Å²) in [5.74, 6) is -0.0960. The van der Waals surface area contributed by atoms with E-state index in [9.17, 15) is 0 Å². The topological polar surface area (TPSA) is 73.0 Å². The van der Waals surface area contributed by atoms with E-state index in [0.29, 0.717) is 5.70 Å². The van der Waals surface area contributed by atoms with E-state index < -0.39 is 0 Å². The summed E-state index contributed by atoms with van der Waals surface area (Å²) in [6, 6.07) is 38.3. The molecular formula is C68H77BrN4O. The number of carbonyl (C=O) groups excluding carboxylic acids is 1. The number of aromatic nitrogens is 2. The maximum absolute atomic E-state index is 15.4. The molecule has 0 atom stereocenters. The molecule has 382 valence electrons. The molecule has 6 aromatic rings. The lowest BCUT2D eigenvalue weighted by Gasteiger charge is -2.27. The first-order valence-electron chi connectivity index (χ1n) is 26.4. The van der Waals surface area contributed by atoms with Gasteiger partial charge in [-0.2, -0.15) is 0 Å². The molecule has 0 spiro atoms. The van der Waals surface area contributed by atoms with Crippen molar-refractivity contribution in [3.8, 4) is 0 Å². The number of ketones is 1. The number of halogens is 1. The van der Waals surface area contributed by atoms with Crippen LogP contribution in [0.3, 0.4) is 0 Å². The third kappa shape index (κ3) is 10.4. The van der Waals surface area contributed by atoms with Crippen molar-refractivity contribution in [1.82, 2.24) is 15.3 Å². The minimum absolute atomic E-state index is 0.0960. The summed E-state index contributed by atoms with van der Waals surface area (Å²) in [5, 5.41) is 5.72. The van der Waals surface area contributed by atoms with E-state index in [-0.39, 0.29) is 38.3 Å².